The molecule has 158 valence electrons. The number of aliphatic imine (C=N–C) groups is 1. The van der Waals surface area contributed by atoms with Crippen molar-refractivity contribution in [3.63, 3.8) is 0 Å². The average molecular weight is 429 g/mol. The van der Waals surface area contributed by atoms with Crippen molar-refractivity contribution in [2.24, 2.45) is 16.8 Å². The van der Waals surface area contributed by atoms with Crippen LogP contribution in [0.15, 0.2) is 21.3 Å². The van der Waals surface area contributed by atoms with E-state index in [1.165, 1.54) is 22.1 Å². The monoisotopic (exact) mass is 428 g/mol. The van der Waals surface area contributed by atoms with Gasteiger partial charge in [-0.2, -0.15) is 4.31 Å². The molecule has 2 saturated heterocycles. The lowest BCUT2D eigenvalue weighted by Crippen LogP contribution is -2.48. The van der Waals surface area contributed by atoms with Gasteiger partial charge >= 0.3 is 0 Å². The molecule has 0 amide bonds. The number of nitrogens with zero attached hydrogens (tertiary/aromatic N) is 3. The second kappa shape index (κ2) is 9.56. The molecule has 0 spiro atoms. The molecule has 0 bridgehead atoms. The van der Waals surface area contributed by atoms with Crippen LogP contribution in [0.4, 0.5) is 0 Å². The fourth-order valence-electron chi connectivity index (χ4n) is 3.91. The highest BCUT2D eigenvalue weighted by atomic mass is 32.2. The number of hydrogen-bond acceptors (Lipinski definition) is 5. The van der Waals surface area contributed by atoms with Gasteiger partial charge in [-0.25, -0.2) is 13.4 Å². The van der Waals surface area contributed by atoms with Crippen LogP contribution in [-0.2, 0) is 21.3 Å². The predicted molar refractivity (Wildman–Crippen MR) is 113 cm³/mol. The third-order valence-electron chi connectivity index (χ3n) is 5.09. The van der Waals surface area contributed by atoms with E-state index in [1.807, 2.05) is 6.07 Å². The first kappa shape index (κ1) is 21.5. The molecule has 0 aliphatic carbocycles. The normalized spacial score (nSPS) is 25.1. The summed E-state index contributed by atoms with van der Waals surface area (Å²) in [5, 5.41) is 3.39. The van der Waals surface area contributed by atoms with Crippen LogP contribution in [0.5, 0.6) is 0 Å². The minimum atomic E-state index is -3.43. The van der Waals surface area contributed by atoms with Crippen molar-refractivity contribution >= 4 is 27.3 Å². The van der Waals surface area contributed by atoms with Gasteiger partial charge in [-0.05, 0) is 37.3 Å². The Morgan fingerprint density at radius 2 is 1.93 bits per heavy atom. The van der Waals surface area contributed by atoms with Crippen molar-refractivity contribution in [1.29, 1.82) is 0 Å². The van der Waals surface area contributed by atoms with E-state index >= 15 is 0 Å². The second-order valence-corrected chi connectivity index (χ2v) is 11.1. The van der Waals surface area contributed by atoms with Crippen LogP contribution in [0, 0.1) is 11.8 Å². The van der Waals surface area contributed by atoms with Crippen LogP contribution in [0.25, 0.3) is 0 Å². The third-order valence-corrected chi connectivity index (χ3v) is 8.53. The number of likely N-dealkylation sites (tertiary alicyclic amines) is 1. The van der Waals surface area contributed by atoms with Gasteiger partial charge in [0.15, 0.2) is 5.96 Å². The van der Waals surface area contributed by atoms with Gasteiger partial charge in [-0.1, -0.05) is 13.8 Å². The molecule has 3 heterocycles. The number of guanidine groups is 1. The number of sulfonamides is 1. The number of morpholine rings is 1. The Morgan fingerprint density at radius 3 is 2.57 bits per heavy atom. The Kier molecular flexibility index (Phi) is 7.36. The standard InChI is InChI=1S/C19H32N4O3S2/c1-4-20-19(22-13-15(2)11-16(3)14-22)21-12-17-5-6-18(27-17)28(24,25)23-7-9-26-10-8-23/h5-6,15-16H,4,7-14H2,1-3H3,(H,20,21). The van der Waals surface area contributed by atoms with E-state index in [0.717, 1.165) is 30.5 Å². The quantitative estimate of drug-likeness (QED) is 0.575. The minimum absolute atomic E-state index is 0.393. The predicted octanol–water partition coefficient (Wildman–Crippen LogP) is 2.21. The molecule has 1 aromatic heterocycles. The van der Waals surface area contributed by atoms with E-state index in [-0.39, 0.29) is 0 Å². The van der Waals surface area contributed by atoms with Crippen LogP contribution in [0.2, 0.25) is 0 Å². The SMILES string of the molecule is CCNC(=NCc1ccc(S(=O)(=O)N2CCOCC2)s1)N1CC(C)CC(C)C1. The number of thiophene rings is 1. The Morgan fingerprint density at radius 1 is 1.25 bits per heavy atom. The molecule has 28 heavy (non-hydrogen) atoms. The van der Waals surface area contributed by atoms with Crippen molar-refractivity contribution in [2.45, 2.75) is 37.9 Å². The van der Waals surface area contributed by atoms with Gasteiger partial charge in [0, 0.05) is 37.6 Å². The van der Waals surface area contributed by atoms with Crippen LogP contribution in [0.1, 0.15) is 32.1 Å². The molecule has 1 N–H and O–H groups in total. The molecular formula is C19H32N4O3S2. The minimum Gasteiger partial charge on any atom is -0.379 e. The summed E-state index contributed by atoms with van der Waals surface area (Å²) in [4.78, 5) is 8.09. The van der Waals surface area contributed by atoms with Crippen LogP contribution >= 0.6 is 11.3 Å². The fourth-order valence-corrected chi connectivity index (χ4v) is 6.75. The van der Waals surface area contributed by atoms with Crippen LogP contribution < -0.4 is 5.32 Å². The maximum Gasteiger partial charge on any atom is 0.252 e. The lowest BCUT2D eigenvalue weighted by Gasteiger charge is -2.37. The van der Waals surface area contributed by atoms with Gasteiger partial charge in [0.25, 0.3) is 10.0 Å². The van der Waals surface area contributed by atoms with E-state index in [9.17, 15) is 8.42 Å². The topological polar surface area (TPSA) is 74.2 Å². The number of nitrogens with one attached hydrogen (secondary N) is 1. The van der Waals surface area contributed by atoms with Gasteiger partial charge in [0.1, 0.15) is 4.21 Å². The second-order valence-electron chi connectivity index (χ2n) is 7.76. The fraction of sp³-hybridized carbons (Fsp3) is 0.737. The molecule has 0 aromatic carbocycles. The lowest BCUT2D eigenvalue weighted by molar-refractivity contribution is 0.0731. The Labute approximate surface area is 172 Å². The first-order valence-electron chi connectivity index (χ1n) is 10.1. The van der Waals surface area contributed by atoms with Gasteiger partial charge in [-0.3, -0.25) is 0 Å². The van der Waals surface area contributed by atoms with Crippen molar-refractivity contribution in [3.8, 4) is 0 Å². The molecule has 2 aliphatic rings. The molecular weight excluding hydrogens is 396 g/mol. The maximum absolute atomic E-state index is 12.8. The Balaban J connectivity index is 1.70. The summed E-state index contributed by atoms with van der Waals surface area (Å²) in [6.07, 6.45) is 1.25. The average Bonchev–Trinajstić information content (AvgIpc) is 3.15. The highest BCUT2D eigenvalue weighted by Crippen LogP contribution is 2.26. The molecule has 2 atom stereocenters. The summed E-state index contributed by atoms with van der Waals surface area (Å²) in [5.41, 5.74) is 0. The largest absolute Gasteiger partial charge is 0.379 e. The first-order valence-corrected chi connectivity index (χ1v) is 12.4. The van der Waals surface area contributed by atoms with Crippen molar-refractivity contribution < 1.29 is 13.2 Å². The van der Waals surface area contributed by atoms with Gasteiger partial charge in [-0.15, -0.1) is 11.3 Å². The molecule has 0 radical (unpaired) electrons. The molecule has 1 aromatic rings. The molecule has 0 saturated carbocycles. The van der Waals surface area contributed by atoms with E-state index in [0.29, 0.717) is 48.9 Å². The number of ether oxygens (including phenoxy) is 1. The molecule has 2 unspecified atom stereocenters. The van der Waals surface area contributed by atoms with Crippen molar-refractivity contribution in [3.05, 3.63) is 17.0 Å². The van der Waals surface area contributed by atoms with Crippen LogP contribution in [0.3, 0.4) is 0 Å². The molecule has 7 nitrogen and oxygen atoms in total. The van der Waals surface area contributed by atoms with Crippen LogP contribution in [-0.4, -0.2) is 69.5 Å². The molecule has 2 fully saturated rings. The van der Waals surface area contributed by atoms with E-state index in [1.54, 1.807) is 6.07 Å². The first-order chi connectivity index (χ1) is 13.4. The number of rotatable bonds is 5. The molecule has 9 heteroatoms. The lowest BCUT2D eigenvalue weighted by atomic mass is 9.92. The highest BCUT2D eigenvalue weighted by Gasteiger charge is 2.28. The molecule has 2 aliphatic heterocycles. The summed E-state index contributed by atoms with van der Waals surface area (Å²) in [6.45, 7) is 11.7. The summed E-state index contributed by atoms with van der Waals surface area (Å²) in [6, 6.07) is 3.59. The summed E-state index contributed by atoms with van der Waals surface area (Å²) >= 11 is 1.32. The third kappa shape index (κ3) is 5.25. The Bertz CT molecular complexity index is 762. The zero-order valence-corrected chi connectivity index (χ0v) is 18.7. The maximum atomic E-state index is 12.8. The van der Waals surface area contributed by atoms with E-state index in [4.69, 9.17) is 9.73 Å². The summed E-state index contributed by atoms with van der Waals surface area (Å²) in [5.74, 6) is 2.23. The zero-order valence-electron chi connectivity index (χ0n) is 17.1. The van der Waals surface area contributed by atoms with E-state index < -0.39 is 10.0 Å². The zero-order chi connectivity index (χ0) is 20.1. The summed E-state index contributed by atoms with van der Waals surface area (Å²) < 4.78 is 32.7. The van der Waals surface area contributed by atoms with Crippen molar-refractivity contribution in [2.75, 3.05) is 45.9 Å². The van der Waals surface area contributed by atoms with E-state index in [2.05, 4.69) is 31.0 Å². The highest BCUT2D eigenvalue weighted by molar-refractivity contribution is 7.91. The summed E-state index contributed by atoms with van der Waals surface area (Å²) in [7, 11) is -3.43. The molecule has 3 rings (SSSR count). The smallest absolute Gasteiger partial charge is 0.252 e. The van der Waals surface area contributed by atoms with Gasteiger partial charge in [0.05, 0.1) is 19.8 Å². The van der Waals surface area contributed by atoms with Gasteiger partial charge < -0.3 is 15.0 Å². The van der Waals surface area contributed by atoms with Crippen molar-refractivity contribution in [1.82, 2.24) is 14.5 Å². The number of piperidine rings is 1. The van der Waals surface area contributed by atoms with Gasteiger partial charge in [0.2, 0.25) is 0 Å². The Hall–Kier alpha value is -1.16. The number of hydrogen-bond donors (Lipinski definition) is 1.